The molecule has 7 rings (SSSR count). The molecule has 0 aliphatic carbocycles. The minimum absolute atomic E-state index is 0.0187. The van der Waals surface area contributed by atoms with Gasteiger partial charge >= 0.3 is 0 Å². The van der Waals surface area contributed by atoms with Gasteiger partial charge in [-0.25, -0.2) is 0 Å². The summed E-state index contributed by atoms with van der Waals surface area (Å²) in [5.41, 5.74) is 2.75. The Bertz CT molecular complexity index is 1760. The molecule has 3 aromatic rings. The molecule has 1 atom stereocenters. The van der Waals surface area contributed by atoms with Gasteiger partial charge < -0.3 is 30.5 Å². The molecule has 11 nitrogen and oxygen atoms in total. The van der Waals surface area contributed by atoms with Crippen molar-refractivity contribution in [3.63, 3.8) is 0 Å². The van der Waals surface area contributed by atoms with Gasteiger partial charge in [-0.1, -0.05) is 58.9 Å². The number of nitrogens with zero attached hydrogens (tertiary/aromatic N) is 2. The number of anilines is 1. The van der Waals surface area contributed by atoms with Gasteiger partial charge in [-0.15, -0.1) is 0 Å². The topological polar surface area (TPSA) is 137 Å². The highest BCUT2D eigenvalue weighted by atomic mass is 16.5. The van der Waals surface area contributed by atoms with Crippen LogP contribution in [0.25, 0.3) is 0 Å². The number of carbonyl (C=O) groups excluding carboxylic acids is 5. The van der Waals surface area contributed by atoms with Crippen LogP contribution in [-0.2, 0) is 27.3 Å². The van der Waals surface area contributed by atoms with E-state index in [-0.39, 0.29) is 41.0 Å². The maximum atomic E-state index is 13.5. The van der Waals surface area contributed by atoms with Crippen LogP contribution in [0, 0.1) is 10.8 Å². The van der Waals surface area contributed by atoms with Crippen LogP contribution in [0.4, 0.5) is 5.69 Å². The Hall–Kier alpha value is -5.19. The first kappa shape index (κ1) is 41.6. The number of hydrogen-bond donors (Lipinski definition) is 3. The molecule has 0 fully saturated rings. The van der Waals surface area contributed by atoms with Crippen molar-refractivity contribution in [1.82, 2.24) is 20.4 Å². The van der Waals surface area contributed by atoms with E-state index in [0.717, 1.165) is 11.1 Å². The summed E-state index contributed by atoms with van der Waals surface area (Å²) in [6.45, 7) is 11.7. The quantitative estimate of drug-likeness (QED) is 0.271. The summed E-state index contributed by atoms with van der Waals surface area (Å²) in [4.78, 5) is 69.3. The summed E-state index contributed by atoms with van der Waals surface area (Å²) >= 11 is 0. The Morgan fingerprint density at radius 2 is 1.37 bits per heavy atom. The zero-order valence-corrected chi connectivity index (χ0v) is 32.9. The predicted octanol–water partition coefficient (Wildman–Crippen LogP) is 6.23. The van der Waals surface area contributed by atoms with Gasteiger partial charge in [0.25, 0.3) is 11.8 Å². The molecule has 4 heterocycles. The molecule has 0 saturated heterocycles. The standard InChI is InChI=1S/C43H57N5O6/c1-42(2,3)28-36-41(53)45-34-15-11-30(12-16-34)21-24-47(6)37(49)19-22-43(4,5)23-20-38(50)48(7)25-26-54-35-17-13-32(14-18-35)39(51)44-29-31-9-8-10-33(27-31)40(52)46-36/h8-18,27,36H,19-26,28-29H2,1-7H3,(H,44,51)(H,45,53)(H,46,52)/t36-/m0/s1. The van der Waals surface area contributed by atoms with Gasteiger partial charge in [-0.2, -0.15) is 0 Å². The number of benzene rings is 3. The van der Waals surface area contributed by atoms with E-state index in [1.165, 1.54) is 0 Å². The number of amides is 5. The number of ether oxygens (including phenoxy) is 1. The minimum atomic E-state index is -0.795. The lowest BCUT2D eigenvalue weighted by molar-refractivity contribution is -0.131. The number of hydrogen-bond acceptors (Lipinski definition) is 6. The molecule has 54 heavy (non-hydrogen) atoms. The van der Waals surface area contributed by atoms with E-state index >= 15 is 0 Å². The maximum absolute atomic E-state index is 13.5. The van der Waals surface area contributed by atoms with Crippen molar-refractivity contribution in [3.8, 4) is 5.75 Å². The van der Waals surface area contributed by atoms with E-state index in [2.05, 4.69) is 29.8 Å². The smallest absolute Gasteiger partial charge is 0.251 e. The molecule has 0 aromatic heterocycles. The highest BCUT2D eigenvalue weighted by Crippen LogP contribution is 2.29. The van der Waals surface area contributed by atoms with E-state index in [1.807, 2.05) is 58.2 Å². The summed E-state index contributed by atoms with van der Waals surface area (Å²) in [6.07, 6.45) is 3.17. The van der Waals surface area contributed by atoms with Gasteiger partial charge in [-0.3, -0.25) is 24.0 Å². The number of rotatable bonds is 1. The Labute approximate surface area is 320 Å². The van der Waals surface area contributed by atoms with Crippen LogP contribution in [0.3, 0.4) is 0 Å². The van der Waals surface area contributed by atoms with Crippen LogP contribution in [0.15, 0.2) is 72.8 Å². The Morgan fingerprint density at radius 3 is 2.00 bits per heavy atom. The summed E-state index contributed by atoms with van der Waals surface area (Å²) in [7, 11) is 3.57. The van der Waals surface area contributed by atoms with Gasteiger partial charge in [0.05, 0.1) is 6.54 Å². The molecule has 0 saturated carbocycles. The molecule has 3 N–H and O–H groups in total. The molecule has 0 radical (unpaired) electrons. The number of likely N-dealkylation sites (N-methyl/N-ethyl adjacent to an activating group) is 2. The zero-order chi connectivity index (χ0) is 39.5. The Kier molecular flexibility index (Phi) is 14.4. The average molecular weight is 740 g/mol. The first-order valence-corrected chi connectivity index (χ1v) is 18.8. The number of nitrogens with one attached hydrogen (secondary N) is 3. The highest BCUT2D eigenvalue weighted by molar-refractivity contribution is 6.01. The van der Waals surface area contributed by atoms with Crippen molar-refractivity contribution in [3.05, 3.63) is 95.1 Å². The van der Waals surface area contributed by atoms with Gasteiger partial charge in [0.15, 0.2) is 0 Å². The van der Waals surface area contributed by atoms with E-state index in [4.69, 9.17) is 4.74 Å². The molecule has 4 aliphatic rings. The largest absolute Gasteiger partial charge is 0.492 e. The van der Waals surface area contributed by atoms with Crippen LogP contribution in [0.1, 0.15) is 98.6 Å². The molecule has 3 aromatic carbocycles. The second-order valence-corrected chi connectivity index (χ2v) is 16.3. The van der Waals surface area contributed by atoms with Crippen LogP contribution >= 0.6 is 0 Å². The SMILES string of the molecule is CN1CCOc2ccc(cc2)C(=O)NCc2cccc(c2)C(=O)N[C@@H](CC(C)(C)C)C(=O)Nc2ccc(cc2)CCN(C)C(=O)CCC(C)(C)CCC1=O. The second kappa shape index (κ2) is 18.7. The Balaban J connectivity index is 1.50. The fraction of sp³-hybridized carbons (Fsp3) is 0.465. The van der Waals surface area contributed by atoms with Crippen LogP contribution < -0.4 is 20.7 Å². The lowest BCUT2D eigenvalue weighted by atomic mass is 9.83. The van der Waals surface area contributed by atoms with E-state index in [1.54, 1.807) is 59.3 Å². The summed E-state index contributed by atoms with van der Waals surface area (Å²) < 4.78 is 5.85. The number of carbonyl (C=O) groups is 5. The molecular weight excluding hydrogens is 683 g/mol. The lowest BCUT2D eigenvalue weighted by Gasteiger charge is -2.27. The van der Waals surface area contributed by atoms with Crippen molar-refractivity contribution in [2.75, 3.05) is 39.1 Å². The van der Waals surface area contributed by atoms with Crippen molar-refractivity contribution in [2.24, 2.45) is 10.8 Å². The maximum Gasteiger partial charge on any atom is 0.251 e. The Morgan fingerprint density at radius 1 is 0.741 bits per heavy atom. The average Bonchev–Trinajstić information content (AvgIpc) is 3.13. The molecule has 4 aliphatic heterocycles. The van der Waals surface area contributed by atoms with Crippen molar-refractivity contribution in [1.29, 1.82) is 0 Å². The molecular formula is C43H57N5O6. The van der Waals surface area contributed by atoms with Gasteiger partial charge in [0, 0.05) is 56.8 Å². The first-order valence-electron chi connectivity index (χ1n) is 18.8. The molecule has 0 spiro atoms. The molecule has 290 valence electrons. The molecule has 0 unspecified atom stereocenters. The highest BCUT2D eigenvalue weighted by Gasteiger charge is 2.28. The fourth-order valence-corrected chi connectivity index (χ4v) is 6.10. The minimum Gasteiger partial charge on any atom is -0.492 e. The lowest BCUT2D eigenvalue weighted by Crippen LogP contribution is -2.45. The third-order valence-corrected chi connectivity index (χ3v) is 9.73. The fourth-order valence-electron chi connectivity index (χ4n) is 6.10. The van der Waals surface area contributed by atoms with Crippen molar-refractivity contribution >= 4 is 35.2 Å². The third-order valence-electron chi connectivity index (χ3n) is 9.73. The summed E-state index contributed by atoms with van der Waals surface area (Å²) in [6, 6.07) is 20.4. The molecule has 5 amide bonds. The second-order valence-electron chi connectivity index (χ2n) is 16.3. The van der Waals surface area contributed by atoms with Gasteiger partial charge in [-0.05, 0) is 96.2 Å². The molecule has 6 bridgehead atoms. The van der Waals surface area contributed by atoms with Crippen molar-refractivity contribution < 1.29 is 28.7 Å². The van der Waals surface area contributed by atoms with E-state index < -0.39 is 11.9 Å². The first-order chi connectivity index (χ1) is 25.5. The van der Waals surface area contributed by atoms with E-state index in [0.29, 0.717) is 80.8 Å². The van der Waals surface area contributed by atoms with E-state index in [9.17, 15) is 24.0 Å². The van der Waals surface area contributed by atoms with Crippen LogP contribution in [-0.4, -0.2) is 79.2 Å². The zero-order valence-electron chi connectivity index (χ0n) is 32.9. The van der Waals surface area contributed by atoms with Crippen molar-refractivity contribution in [2.45, 2.75) is 85.7 Å². The molecule has 11 heteroatoms. The van der Waals surface area contributed by atoms with Crippen LogP contribution in [0.5, 0.6) is 5.75 Å². The normalized spacial score (nSPS) is 19.1. The predicted molar refractivity (Wildman–Crippen MR) is 211 cm³/mol. The van der Waals surface area contributed by atoms with Gasteiger partial charge in [0.2, 0.25) is 17.7 Å². The summed E-state index contributed by atoms with van der Waals surface area (Å²) in [5.74, 6) is -0.335. The monoisotopic (exact) mass is 739 g/mol. The third kappa shape index (κ3) is 13.3. The summed E-state index contributed by atoms with van der Waals surface area (Å²) in [5, 5.41) is 8.79. The van der Waals surface area contributed by atoms with Crippen LogP contribution in [0.2, 0.25) is 0 Å². The van der Waals surface area contributed by atoms with Gasteiger partial charge in [0.1, 0.15) is 18.4 Å².